The number of benzene rings is 2. The minimum Gasteiger partial charge on any atom is -0.463 e. The minimum atomic E-state index is -0.635. The maximum absolute atomic E-state index is 12.3. The summed E-state index contributed by atoms with van der Waals surface area (Å²) in [6, 6.07) is 13.5. The standard InChI is InChI=1S/C19H16ClN3O4S/c20-15-13-7-6-12(23-16(24)11-4-2-1-3-5-11)10-14(13)17(25)27-18(15)26-8-9-28-19(21)22/h1-7,10H,8-9H2,(H3,21,22)(H,23,24). The Hall–Kier alpha value is -2.97. The van der Waals surface area contributed by atoms with Crippen LogP contribution in [0.15, 0.2) is 57.7 Å². The van der Waals surface area contributed by atoms with Gasteiger partial charge in [0, 0.05) is 22.4 Å². The Balaban J connectivity index is 1.82. The molecule has 4 N–H and O–H groups in total. The van der Waals surface area contributed by atoms with Gasteiger partial charge in [-0.25, -0.2) is 4.79 Å². The number of amidine groups is 1. The van der Waals surface area contributed by atoms with E-state index in [-0.39, 0.29) is 34.0 Å². The molecule has 3 rings (SSSR count). The van der Waals surface area contributed by atoms with Gasteiger partial charge in [0.05, 0.1) is 5.39 Å². The molecule has 9 heteroatoms. The molecule has 7 nitrogen and oxygen atoms in total. The number of fused-ring (bicyclic) bond motifs is 1. The molecule has 0 saturated heterocycles. The second-order valence-corrected chi connectivity index (χ2v) is 7.15. The lowest BCUT2D eigenvalue weighted by molar-refractivity contribution is 0.102. The van der Waals surface area contributed by atoms with E-state index in [0.29, 0.717) is 22.4 Å². The van der Waals surface area contributed by atoms with E-state index < -0.39 is 5.63 Å². The quantitative estimate of drug-likeness (QED) is 0.319. The maximum Gasteiger partial charge on any atom is 0.346 e. The van der Waals surface area contributed by atoms with Crippen molar-refractivity contribution in [3.05, 3.63) is 69.5 Å². The zero-order chi connectivity index (χ0) is 20.1. The molecule has 0 bridgehead atoms. The molecule has 0 atom stereocenters. The average molecular weight is 418 g/mol. The van der Waals surface area contributed by atoms with E-state index in [0.717, 1.165) is 11.8 Å². The Morgan fingerprint density at radius 2 is 1.96 bits per heavy atom. The monoisotopic (exact) mass is 417 g/mol. The van der Waals surface area contributed by atoms with Gasteiger partial charge in [-0.15, -0.1) is 0 Å². The van der Waals surface area contributed by atoms with Crippen LogP contribution in [0.25, 0.3) is 10.8 Å². The Morgan fingerprint density at radius 3 is 2.68 bits per heavy atom. The van der Waals surface area contributed by atoms with E-state index in [1.807, 2.05) is 6.07 Å². The summed E-state index contributed by atoms with van der Waals surface area (Å²) >= 11 is 7.39. The van der Waals surface area contributed by atoms with Crippen molar-refractivity contribution < 1.29 is 13.9 Å². The van der Waals surface area contributed by atoms with Gasteiger partial charge in [0.2, 0.25) is 0 Å². The van der Waals surface area contributed by atoms with Crippen LogP contribution in [-0.4, -0.2) is 23.4 Å². The number of anilines is 1. The molecule has 0 aliphatic carbocycles. The topological polar surface area (TPSA) is 118 Å². The van der Waals surface area contributed by atoms with Crippen molar-refractivity contribution >= 4 is 50.9 Å². The molecule has 0 spiro atoms. The van der Waals surface area contributed by atoms with Crippen LogP contribution in [0.5, 0.6) is 5.95 Å². The molecule has 3 aromatic rings. The summed E-state index contributed by atoms with van der Waals surface area (Å²) in [5.41, 5.74) is 5.55. The van der Waals surface area contributed by atoms with Crippen LogP contribution in [-0.2, 0) is 0 Å². The summed E-state index contributed by atoms with van der Waals surface area (Å²) in [7, 11) is 0. The van der Waals surface area contributed by atoms with Crippen molar-refractivity contribution in [3.63, 3.8) is 0 Å². The predicted octanol–water partition coefficient (Wildman–Crippen LogP) is 3.70. The zero-order valence-electron chi connectivity index (χ0n) is 14.5. The number of carbonyl (C=O) groups is 1. The van der Waals surface area contributed by atoms with Crippen molar-refractivity contribution in [2.45, 2.75) is 0 Å². The number of rotatable bonds is 6. The number of halogens is 1. The van der Waals surface area contributed by atoms with Crippen LogP contribution in [0.3, 0.4) is 0 Å². The molecule has 0 saturated carbocycles. The number of nitrogens with two attached hydrogens (primary N) is 1. The molecule has 1 aromatic heterocycles. The van der Waals surface area contributed by atoms with E-state index in [1.165, 1.54) is 6.07 Å². The fraction of sp³-hybridized carbons (Fsp3) is 0.105. The van der Waals surface area contributed by atoms with E-state index in [4.69, 9.17) is 31.9 Å². The minimum absolute atomic E-state index is 0.0280. The van der Waals surface area contributed by atoms with Gasteiger partial charge in [-0.1, -0.05) is 47.6 Å². The Kier molecular flexibility index (Phi) is 6.23. The van der Waals surface area contributed by atoms with Gasteiger partial charge in [0.15, 0.2) is 5.17 Å². The summed E-state index contributed by atoms with van der Waals surface area (Å²) < 4.78 is 10.5. The highest BCUT2D eigenvalue weighted by Crippen LogP contribution is 2.32. The normalized spacial score (nSPS) is 10.6. The molecule has 0 aliphatic rings. The first kappa shape index (κ1) is 19.8. The van der Waals surface area contributed by atoms with Crippen LogP contribution < -0.4 is 21.4 Å². The Bertz CT molecular complexity index is 1090. The highest BCUT2D eigenvalue weighted by atomic mass is 35.5. The summed E-state index contributed by atoms with van der Waals surface area (Å²) in [6.07, 6.45) is 0. The smallest absolute Gasteiger partial charge is 0.346 e. The number of nitrogens with one attached hydrogen (secondary N) is 2. The summed E-state index contributed by atoms with van der Waals surface area (Å²) in [5, 5.41) is 10.7. The third kappa shape index (κ3) is 4.65. The molecule has 0 unspecified atom stereocenters. The van der Waals surface area contributed by atoms with Gasteiger partial charge in [0.25, 0.3) is 5.91 Å². The van der Waals surface area contributed by atoms with Crippen LogP contribution in [0.2, 0.25) is 5.02 Å². The maximum atomic E-state index is 12.3. The molecule has 0 fully saturated rings. The average Bonchev–Trinajstić information content (AvgIpc) is 2.69. The van der Waals surface area contributed by atoms with Gasteiger partial charge < -0.3 is 20.2 Å². The molecule has 1 heterocycles. The lowest BCUT2D eigenvalue weighted by Crippen LogP contribution is -2.12. The number of hydrogen-bond donors (Lipinski definition) is 3. The third-order valence-corrected chi connectivity index (χ3v) is 4.75. The number of thioether (sulfide) groups is 1. The SMILES string of the molecule is N=C(N)SCCOc1oc(=O)c2cc(NC(=O)c3ccccc3)ccc2c1Cl. The third-order valence-electron chi connectivity index (χ3n) is 3.71. The van der Waals surface area contributed by atoms with Crippen molar-refractivity contribution in [2.75, 3.05) is 17.7 Å². The molecule has 2 aromatic carbocycles. The van der Waals surface area contributed by atoms with E-state index in [9.17, 15) is 9.59 Å². The lowest BCUT2D eigenvalue weighted by atomic mass is 10.1. The molecular weight excluding hydrogens is 402 g/mol. The summed E-state index contributed by atoms with van der Waals surface area (Å²) in [6.45, 7) is 0.170. The van der Waals surface area contributed by atoms with Gasteiger partial charge >= 0.3 is 11.6 Å². The van der Waals surface area contributed by atoms with Crippen LogP contribution in [0, 0.1) is 5.41 Å². The number of ether oxygens (including phenoxy) is 1. The van der Waals surface area contributed by atoms with Crippen molar-refractivity contribution in [1.29, 1.82) is 5.41 Å². The van der Waals surface area contributed by atoms with Crippen molar-refractivity contribution in [2.24, 2.45) is 5.73 Å². The highest BCUT2D eigenvalue weighted by molar-refractivity contribution is 8.13. The molecule has 0 aliphatic heterocycles. The number of carbonyl (C=O) groups excluding carboxylic acids is 1. The molecule has 28 heavy (non-hydrogen) atoms. The number of amides is 1. The first-order valence-electron chi connectivity index (χ1n) is 8.18. The van der Waals surface area contributed by atoms with E-state index in [1.54, 1.807) is 36.4 Å². The Morgan fingerprint density at radius 1 is 1.21 bits per heavy atom. The second-order valence-electron chi connectivity index (χ2n) is 5.63. The van der Waals surface area contributed by atoms with Gasteiger partial charge in [0.1, 0.15) is 11.6 Å². The van der Waals surface area contributed by atoms with Gasteiger partial charge in [-0.05, 0) is 24.3 Å². The van der Waals surface area contributed by atoms with Crippen LogP contribution in [0.4, 0.5) is 5.69 Å². The molecular formula is C19H16ClN3O4S. The van der Waals surface area contributed by atoms with Gasteiger partial charge in [-0.2, -0.15) is 0 Å². The fourth-order valence-corrected chi connectivity index (χ4v) is 3.09. The van der Waals surface area contributed by atoms with Crippen molar-refractivity contribution in [1.82, 2.24) is 0 Å². The Labute approximate surface area is 169 Å². The second kappa shape index (κ2) is 8.81. The highest BCUT2D eigenvalue weighted by Gasteiger charge is 2.15. The van der Waals surface area contributed by atoms with Crippen LogP contribution in [0.1, 0.15) is 10.4 Å². The fourth-order valence-electron chi connectivity index (χ4n) is 2.45. The van der Waals surface area contributed by atoms with E-state index >= 15 is 0 Å². The molecule has 144 valence electrons. The van der Waals surface area contributed by atoms with Crippen LogP contribution >= 0.6 is 23.4 Å². The summed E-state index contributed by atoms with van der Waals surface area (Å²) in [4.78, 5) is 24.6. The summed E-state index contributed by atoms with van der Waals surface area (Å²) in [5.74, 6) is 0.0282. The predicted molar refractivity (Wildman–Crippen MR) is 112 cm³/mol. The first-order valence-corrected chi connectivity index (χ1v) is 9.54. The van der Waals surface area contributed by atoms with Crippen molar-refractivity contribution in [3.8, 4) is 5.95 Å². The molecule has 1 amide bonds. The first-order chi connectivity index (χ1) is 13.5. The van der Waals surface area contributed by atoms with E-state index in [2.05, 4.69) is 5.32 Å². The zero-order valence-corrected chi connectivity index (χ0v) is 16.1. The molecule has 0 radical (unpaired) electrons. The largest absolute Gasteiger partial charge is 0.463 e. The van der Waals surface area contributed by atoms with Gasteiger partial charge in [-0.3, -0.25) is 10.2 Å². The number of hydrogen-bond acceptors (Lipinski definition) is 6. The lowest BCUT2D eigenvalue weighted by Gasteiger charge is -2.09.